The SMILES string of the molecule is O=C(O)C1=C(CO)CS(=O)(=O)[C@@H]2[C@H](N=C([O-])COc3cc(OCC([O-])=N[C@@H]4C(=O)N5C(C(=O)O)=C(CO)CS(=O)(=O)[C@H]45)cc(OCC([O-])=N[C@@H]4C(=O)N5C(C(=O)O)=C(CO)CS(=O)(=O)[C@H]45)c3)C(=O)N12.[K+].[K+].[K+]. The minimum Gasteiger partial charge on any atom is -0.860 e. The van der Waals surface area contributed by atoms with Gasteiger partial charge in [-0.3, -0.25) is 44.1 Å². The number of aliphatic hydroxyl groups is 3. The van der Waals surface area contributed by atoms with E-state index in [2.05, 4.69) is 15.0 Å². The number of sulfone groups is 3. The molecule has 72 heavy (non-hydrogen) atoms. The van der Waals surface area contributed by atoms with Crippen LogP contribution < -0.4 is 184 Å². The Labute approximate surface area is 532 Å². The number of β-lactam (4-membered cyclic amide) rings is 3. The Morgan fingerprint density at radius 2 is 0.722 bits per heavy atom. The van der Waals surface area contributed by atoms with E-state index < -0.39 is 225 Å². The number of nitrogens with zero attached hydrogens (tertiary/aromatic N) is 6. The van der Waals surface area contributed by atoms with Crippen LogP contribution in [0.1, 0.15) is 0 Å². The molecule has 30 nitrogen and oxygen atoms in total. The summed E-state index contributed by atoms with van der Waals surface area (Å²) in [6, 6.07) is -2.89. The van der Waals surface area contributed by atoms with Crippen LogP contribution in [0.4, 0.5) is 0 Å². The van der Waals surface area contributed by atoms with Crippen molar-refractivity contribution >= 4 is 82.8 Å². The molecule has 6 atom stereocenters. The van der Waals surface area contributed by atoms with Gasteiger partial charge in [-0.1, -0.05) is 0 Å². The summed E-state index contributed by atoms with van der Waals surface area (Å²) in [6.07, 6.45) is 0. The quantitative estimate of drug-likeness (QED) is 0.0344. The normalized spacial score (nSPS) is 26.0. The first-order chi connectivity index (χ1) is 32.3. The topological polar surface area (TPSA) is 470 Å². The standard InChI is InChI=1S/C36H36N6O24S3.3K/c43-4-13-10-67(58,59)31-22(28(49)40(31)25(13)34(52)53)37-19(46)7-64-16-1-17(65-8-20(47)38-23-29(50)41-26(35(54)55)14(5-44)11-68(60,61)32(23)41)3-18(2-16)66-9-21(48)39-24-30(51)42-27(36(56)57)15(6-45)12-69(62,63)33(24)42;;;/h1-3,22-24,31-33,43-45H,4-12H2,(H,37,46)(H,38,47)(H,39,48)(H,52,53)(H,54,55)(H,56,57);;;/q;3*+1/p-3/t22-,23-,24-,31-,32-,33-;;;/m1.../s1. The zero-order chi connectivity index (χ0) is 50.8. The zero-order valence-corrected chi connectivity index (χ0v) is 49.3. The number of rotatable bonds is 18. The van der Waals surface area contributed by atoms with Crippen molar-refractivity contribution in [3.05, 3.63) is 52.0 Å². The Morgan fingerprint density at radius 1 is 0.500 bits per heavy atom. The number of carbonyl (C=O) groups excluding carboxylic acids is 3. The van der Waals surface area contributed by atoms with Crippen molar-refractivity contribution in [1.82, 2.24) is 14.7 Å². The maximum Gasteiger partial charge on any atom is 1.00 e. The number of fused-ring (bicyclic) bond motifs is 3. The van der Waals surface area contributed by atoms with Gasteiger partial charge in [0.25, 0.3) is 17.7 Å². The van der Waals surface area contributed by atoms with Crippen LogP contribution in [-0.4, -0.2) is 215 Å². The number of amides is 3. The van der Waals surface area contributed by atoms with Crippen LogP contribution in [0.15, 0.2) is 67.0 Å². The molecule has 0 radical (unpaired) electrons. The number of carboxylic acids is 3. The van der Waals surface area contributed by atoms with Crippen LogP contribution in [0.2, 0.25) is 0 Å². The number of hydrogen-bond donors (Lipinski definition) is 6. The fraction of sp³-hybridized carbons (Fsp3) is 0.417. The van der Waals surface area contributed by atoms with Crippen molar-refractivity contribution in [2.24, 2.45) is 15.0 Å². The monoisotopic (exact) mass is 1150 g/mol. The first-order valence-corrected chi connectivity index (χ1v) is 24.5. The fourth-order valence-corrected chi connectivity index (χ4v) is 14.1. The van der Waals surface area contributed by atoms with Gasteiger partial charge in [0.05, 0.1) is 37.1 Å². The van der Waals surface area contributed by atoms with Gasteiger partial charge in [0.15, 0.2) is 63.8 Å². The van der Waals surface area contributed by atoms with Gasteiger partial charge in [0.1, 0.15) is 54.2 Å². The van der Waals surface area contributed by atoms with Gasteiger partial charge < -0.3 is 60.2 Å². The van der Waals surface area contributed by atoms with Crippen molar-refractivity contribution in [1.29, 1.82) is 0 Å². The van der Waals surface area contributed by atoms with Crippen LogP contribution in [0.3, 0.4) is 0 Å². The molecule has 3 saturated heterocycles. The van der Waals surface area contributed by atoms with Gasteiger partial charge in [0, 0.05) is 34.9 Å². The largest absolute Gasteiger partial charge is 1.00 e. The average Bonchev–Trinajstić information content (AvgIpc) is 3.27. The second kappa shape index (κ2) is 23.9. The van der Waals surface area contributed by atoms with Gasteiger partial charge >= 0.3 is 172 Å². The van der Waals surface area contributed by atoms with Crippen molar-refractivity contribution in [3.63, 3.8) is 0 Å². The van der Waals surface area contributed by atoms with E-state index >= 15 is 0 Å². The molecule has 6 aliphatic heterocycles. The van der Waals surface area contributed by atoms with Gasteiger partial charge in [-0.25, -0.2) is 39.6 Å². The Kier molecular flexibility index (Phi) is 20.7. The third-order valence-electron chi connectivity index (χ3n) is 11.0. The molecule has 7 rings (SSSR count). The molecule has 0 aromatic heterocycles. The molecule has 1 aromatic rings. The average molecular weight is 1150 g/mol. The van der Waals surface area contributed by atoms with E-state index in [-0.39, 0.29) is 154 Å². The molecular formula is C36H33K3N6O24S3. The predicted molar refractivity (Wildman–Crippen MR) is 215 cm³/mol. The Bertz CT molecular complexity index is 2720. The van der Waals surface area contributed by atoms with Crippen LogP contribution in [-0.2, 0) is 58.3 Å². The summed E-state index contributed by atoms with van der Waals surface area (Å²) in [4.78, 5) is 85.9. The molecule has 372 valence electrons. The summed E-state index contributed by atoms with van der Waals surface area (Å²) in [5.41, 5.74) is -3.87. The number of carbonyl (C=O) groups is 6. The molecule has 0 unspecified atom stereocenters. The first kappa shape index (κ1) is 62.3. The van der Waals surface area contributed by atoms with Crippen molar-refractivity contribution in [2.75, 3.05) is 56.9 Å². The van der Waals surface area contributed by atoms with Crippen molar-refractivity contribution in [3.8, 4) is 17.2 Å². The van der Waals surface area contributed by atoms with E-state index in [0.29, 0.717) is 14.7 Å². The molecule has 6 aliphatic rings. The van der Waals surface area contributed by atoms with E-state index in [0.717, 1.165) is 18.2 Å². The number of aliphatic carboxylic acids is 3. The maximum absolute atomic E-state index is 12.9. The number of carboxylic acid groups (broad SMARTS) is 3. The van der Waals surface area contributed by atoms with Gasteiger partial charge in [-0.2, -0.15) is 0 Å². The second-order valence-corrected chi connectivity index (χ2v) is 21.7. The molecule has 6 heterocycles. The number of aliphatic hydroxyl groups excluding tert-OH is 3. The van der Waals surface area contributed by atoms with Crippen LogP contribution >= 0.6 is 0 Å². The van der Waals surface area contributed by atoms with Gasteiger partial charge in [-0.05, 0) is 17.7 Å². The molecule has 6 N–H and O–H groups in total. The molecule has 1 aromatic carbocycles. The van der Waals surface area contributed by atoms with Gasteiger partial charge in [-0.15, -0.1) is 0 Å². The van der Waals surface area contributed by atoms with Crippen LogP contribution in [0.25, 0.3) is 0 Å². The molecular weight excluding hydrogens is 1110 g/mol. The Hall–Kier alpha value is -2.29. The maximum atomic E-state index is 12.9. The van der Waals surface area contributed by atoms with Crippen molar-refractivity contribution in [2.45, 2.75) is 34.2 Å². The Morgan fingerprint density at radius 3 is 0.917 bits per heavy atom. The fourth-order valence-electron chi connectivity index (χ4n) is 8.12. The minimum absolute atomic E-state index is 0. The molecule has 36 heteroatoms. The third-order valence-corrected chi connectivity index (χ3v) is 16.8. The van der Waals surface area contributed by atoms with Crippen LogP contribution in [0, 0.1) is 0 Å². The first-order valence-electron chi connectivity index (χ1n) is 19.3. The number of hydrogen-bond acceptors (Lipinski definition) is 24. The number of benzene rings is 1. The molecule has 3 amide bonds. The summed E-state index contributed by atoms with van der Waals surface area (Å²) >= 11 is 0. The molecule has 3 fully saturated rings. The molecule has 0 bridgehead atoms. The third kappa shape index (κ3) is 11.8. The Balaban J connectivity index is 0.00000375. The van der Waals surface area contributed by atoms with Crippen molar-refractivity contribution < 1.29 is 268 Å². The smallest absolute Gasteiger partial charge is 0.860 e. The van der Waals surface area contributed by atoms with E-state index in [4.69, 9.17) is 14.2 Å². The molecule has 0 aliphatic carbocycles. The van der Waals surface area contributed by atoms with E-state index in [9.17, 15) is 100.0 Å². The molecule has 0 saturated carbocycles. The number of aliphatic imine (C=N–C) groups is 3. The molecule has 0 spiro atoms. The van der Waals surface area contributed by atoms with Gasteiger partial charge in [0.2, 0.25) is 0 Å². The summed E-state index contributed by atoms with van der Waals surface area (Å²) in [6.45, 7) is -6.31. The second-order valence-electron chi connectivity index (χ2n) is 15.4. The summed E-state index contributed by atoms with van der Waals surface area (Å²) in [7, 11) is -13.1. The van der Waals surface area contributed by atoms with E-state index in [1.165, 1.54) is 0 Å². The minimum atomic E-state index is -4.38. The number of ether oxygens (including phenoxy) is 3. The zero-order valence-electron chi connectivity index (χ0n) is 37.5. The van der Waals surface area contributed by atoms with E-state index in [1.54, 1.807) is 0 Å². The van der Waals surface area contributed by atoms with E-state index in [1.807, 2.05) is 0 Å². The summed E-state index contributed by atoms with van der Waals surface area (Å²) in [5, 5.41) is 90.3. The van der Waals surface area contributed by atoms with Crippen LogP contribution in [0.5, 0.6) is 17.2 Å². The summed E-state index contributed by atoms with van der Waals surface area (Å²) in [5.74, 6) is -16.9. The predicted octanol–water partition coefficient (Wildman–Crippen LogP) is -18.0. The summed E-state index contributed by atoms with van der Waals surface area (Å²) < 4.78 is 93.7.